The Kier molecular flexibility index (Phi) is 5.51. The lowest BCUT2D eigenvalue weighted by Gasteiger charge is -2.15. The van der Waals surface area contributed by atoms with Crippen LogP contribution in [0.15, 0.2) is 16.7 Å². The molecule has 116 valence electrons. The van der Waals surface area contributed by atoms with Gasteiger partial charge in [-0.05, 0) is 28.0 Å². The molecule has 2 aromatic heterocycles. The number of halogens is 2. The van der Waals surface area contributed by atoms with E-state index in [0.717, 1.165) is 33.9 Å². The predicted molar refractivity (Wildman–Crippen MR) is 89.0 cm³/mol. The van der Waals surface area contributed by atoms with E-state index in [9.17, 15) is 4.39 Å². The van der Waals surface area contributed by atoms with Gasteiger partial charge in [-0.3, -0.25) is 4.39 Å². The molecule has 2 aromatic rings. The number of pyridine rings is 1. The average Bonchev–Trinajstić information content (AvgIpc) is 2.72. The van der Waals surface area contributed by atoms with Crippen molar-refractivity contribution in [1.29, 1.82) is 0 Å². The van der Waals surface area contributed by atoms with E-state index >= 15 is 0 Å². The normalized spacial score (nSPS) is 12.2. The number of rotatable bonds is 7. The van der Waals surface area contributed by atoms with Crippen LogP contribution in [0.4, 0.5) is 4.39 Å². The molecule has 0 aliphatic heterocycles. The van der Waals surface area contributed by atoms with Gasteiger partial charge < -0.3 is 4.74 Å². The molecule has 0 aliphatic rings. The van der Waals surface area contributed by atoms with Crippen molar-refractivity contribution in [3.63, 3.8) is 0 Å². The van der Waals surface area contributed by atoms with Crippen LogP contribution < -0.4 is 0 Å². The third-order valence-electron chi connectivity index (χ3n) is 3.17. The first-order valence-corrected chi connectivity index (χ1v) is 11.6. The molecular weight excluding hydrogens is 353 g/mol. The molecule has 0 radical (unpaired) electrons. The first-order valence-electron chi connectivity index (χ1n) is 7.05. The molecule has 0 aliphatic carbocycles. The molecular formula is C14H21BrFN3OSi. The Morgan fingerprint density at radius 2 is 2.14 bits per heavy atom. The van der Waals surface area contributed by atoms with Crippen molar-refractivity contribution in [2.24, 2.45) is 0 Å². The maximum atomic E-state index is 12.6. The lowest BCUT2D eigenvalue weighted by atomic mass is 10.2. The second-order valence-corrected chi connectivity index (χ2v) is 12.8. The summed E-state index contributed by atoms with van der Waals surface area (Å²) in [4.78, 5) is 4.37. The Labute approximate surface area is 133 Å². The van der Waals surface area contributed by atoms with Gasteiger partial charge in [-0.15, -0.1) is 0 Å². The summed E-state index contributed by atoms with van der Waals surface area (Å²) in [6.45, 7) is 7.62. The fourth-order valence-corrected chi connectivity index (χ4v) is 3.08. The smallest absolute Gasteiger partial charge is 0.160 e. The fourth-order valence-electron chi connectivity index (χ4n) is 1.99. The summed E-state index contributed by atoms with van der Waals surface area (Å²) in [5.41, 5.74) is 1.48. The van der Waals surface area contributed by atoms with Gasteiger partial charge in [0.2, 0.25) is 0 Å². The van der Waals surface area contributed by atoms with E-state index in [4.69, 9.17) is 4.74 Å². The Hall–Kier alpha value is -0.793. The first kappa shape index (κ1) is 16.6. The van der Waals surface area contributed by atoms with Crippen molar-refractivity contribution < 1.29 is 9.13 Å². The molecule has 21 heavy (non-hydrogen) atoms. The number of fused-ring (bicyclic) bond motifs is 1. The molecule has 0 spiro atoms. The Balaban J connectivity index is 2.12. The van der Waals surface area contributed by atoms with Crippen molar-refractivity contribution in [2.75, 3.05) is 13.3 Å². The molecule has 4 nitrogen and oxygen atoms in total. The van der Waals surface area contributed by atoms with Crippen molar-refractivity contribution in [1.82, 2.24) is 14.8 Å². The molecule has 0 saturated heterocycles. The highest BCUT2D eigenvalue weighted by Gasteiger charge is 2.14. The van der Waals surface area contributed by atoms with Gasteiger partial charge in [0.1, 0.15) is 6.73 Å². The molecule has 0 saturated carbocycles. The largest absolute Gasteiger partial charge is 0.359 e. The summed E-state index contributed by atoms with van der Waals surface area (Å²) in [6.07, 6.45) is 2.03. The molecule has 0 bridgehead atoms. The van der Waals surface area contributed by atoms with Crippen LogP contribution in [0.25, 0.3) is 11.0 Å². The standard InChI is InChI=1S/C14H21BrFN3OSi/c1-21(2,3)7-6-20-10-19-14-12(8-11(15)9-17-14)13(18-19)4-5-16/h8-9H,4-7,10H2,1-3H3. The third kappa shape index (κ3) is 4.59. The Bertz CT molecular complexity index is 612. The molecule has 0 aromatic carbocycles. The zero-order valence-electron chi connectivity index (χ0n) is 12.7. The summed E-state index contributed by atoms with van der Waals surface area (Å²) in [6, 6.07) is 3.04. The summed E-state index contributed by atoms with van der Waals surface area (Å²) in [7, 11) is -1.09. The highest BCUT2D eigenvalue weighted by atomic mass is 79.9. The highest BCUT2D eigenvalue weighted by Crippen LogP contribution is 2.21. The average molecular weight is 374 g/mol. The van der Waals surface area contributed by atoms with Gasteiger partial charge in [0.15, 0.2) is 5.65 Å². The van der Waals surface area contributed by atoms with Crippen molar-refractivity contribution in [3.05, 3.63) is 22.4 Å². The molecule has 0 fully saturated rings. The Morgan fingerprint density at radius 3 is 2.81 bits per heavy atom. The molecule has 2 heterocycles. The molecule has 0 atom stereocenters. The second kappa shape index (κ2) is 6.98. The number of ether oxygens (including phenoxy) is 1. The van der Waals surface area contributed by atoms with E-state index in [1.54, 1.807) is 10.9 Å². The third-order valence-corrected chi connectivity index (χ3v) is 5.31. The highest BCUT2D eigenvalue weighted by molar-refractivity contribution is 9.10. The van der Waals surface area contributed by atoms with Crippen LogP contribution in [0.2, 0.25) is 25.7 Å². The predicted octanol–water partition coefficient (Wildman–Crippen LogP) is 4.02. The number of nitrogens with zero attached hydrogens (tertiary/aromatic N) is 3. The lowest BCUT2D eigenvalue weighted by molar-refractivity contribution is 0.0809. The van der Waals surface area contributed by atoms with Crippen molar-refractivity contribution >= 4 is 35.0 Å². The summed E-state index contributed by atoms with van der Waals surface area (Å²) in [5, 5.41) is 5.32. The Morgan fingerprint density at radius 1 is 1.38 bits per heavy atom. The van der Waals surface area contributed by atoms with Gasteiger partial charge in [-0.25, -0.2) is 9.67 Å². The number of hydrogen-bond acceptors (Lipinski definition) is 3. The van der Waals surface area contributed by atoms with Crippen molar-refractivity contribution in [2.45, 2.75) is 38.8 Å². The zero-order chi connectivity index (χ0) is 15.5. The maximum Gasteiger partial charge on any atom is 0.160 e. The maximum absolute atomic E-state index is 12.6. The van der Waals surface area contributed by atoms with Gasteiger partial charge in [0.25, 0.3) is 0 Å². The minimum absolute atomic E-state index is 0.302. The van der Waals surface area contributed by atoms with E-state index in [2.05, 4.69) is 45.7 Å². The van der Waals surface area contributed by atoms with Crippen LogP contribution in [0.1, 0.15) is 5.69 Å². The van der Waals surface area contributed by atoms with Gasteiger partial charge >= 0.3 is 0 Å². The summed E-state index contributed by atoms with van der Waals surface area (Å²) < 4.78 is 21.0. The van der Waals surface area contributed by atoms with E-state index in [1.165, 1.54) is 0 Å². The first-order chi connectivity index (χ1) is 9.90. The SMILES string of the molecule is C[Si](C)(C)CCOCn1nc(CCF)c2cc(Br)cnc21. The van der Waals surface area contributed by atoms with Gasteiger partial charge in [0, 0.05) is 37.2 Å². The summed E-state index contributed by atoms with van der Waals surface area (Å²) in [5.74, 6) is 0. The molecule has 0 N–H and O–H groups in total. The molecule has 0 unspecified atom stereocenters. The van der Waals surface area contributed by atoms with Crippen LogP contribution in [0.5, 0.6) is 0 Å². The van der Waals surface area contributed by atoms with Crippen LogP contribution in [0, 0.1) is 0 Å². The van der Waals surface area contributed by atoms with E-state index in [1.807, 2.05) is 6.07 Å². The number of hydrogen-bond donors (Lipinski definition) is 0. The zero-order valence-corrected chi connectivity index (χ0v) is 15.3. The van der Waals surface area contributed by atoms with Crippen LogP contribution in [-0.2, 0) is 17.9 Å². The van der Waals surface area contributed by atoms with Crippen LogP contribution in [0.3, 0.4) is 0 Å². The fraction of sp³-hybridized carbons (Fsp3) is 0.571. The van der Waals surface area contributed by atoms with Crippen molar-refractivity contribution in [3.8, 4) is 0 Å². The topological polar surface area (TPSA) is 39.9 Å². The minimum atomic E-state index is -1.09. The van der Waals surface area contributed by atoms with Gasteiger partial charge in [0.05, 0.1) is 12.4 Å². The second-order valence-electron chi connectivity index (χ2n) is 6.26. The minimum Gasteiger partial charge on any atom is -0.359 e. The molecule has 2 rings (SSSR count). The molecule has 7 heteroatoms. The van der Waals surface area contributed by atoms with Gasteiger partial charge in [-0.2, -0.15) is 5.10 Å². The van der Waals surface area contributed by atoms with E-state index in [0.29, 0.717) is 13.2 Å². The lowest BCUT2D eigenvalue weighted by Crippen LogP contribution is -2.22. The van der Waals surface area contributed by atoms with Gasteiger partial charge in [-0.1, -0.05) is 19.6 Å². The summed E-state index contributed by atoms with van der Waals surface area (Å²) >= 11 is 3.39. The number of aryl methyl sites for hydroxylation is 1. The van der Waals surface area contributed by atoms with E-state index in [-0.39, 0.29) is 0 Å². The monoisotopic (exact) mass is 373 g/mol. The number of aromatic nitrogens is 3. The van der Waals surface area contributed by atoms with E-state index < -0.39 is 14.7 Å². The quantitative estimate of drug-likeness (QED) is 0.543. The van der Waals surface area contributed by atoms with Crippen LogP contribution >= 0.6 is 15.9 Å². The number of alkyl halides is 1. The van der Waals surface area contributed by atoms with Crippen LogP contribution in [-0.4, -0.2) is 36.1 Å². The molecule has 0 amide bonds.